The molecule has 0 fully saturated rings. The lowest BCUT2D eigenvalue weighted by atomic mass is 10.1. The molecule has 0 spiro atoms. The molecule has 26 heavy (non-hydrogen) atoms. The third-order valence-corrected chi connectivity index (χ3v) is 5.68. The van der Waals surface area contributed by atoms with Crippen molar-refractivity contribution in [2.24, 2.45) is 0 Å². The van der Waals surface area contributed by atoms with Gasteiger partial charge in [0.15, 0.2) is 11.6 Å². The number of aryl methyl sites for hydroxylation is 1. The van der Waals surface area contributed by atoms with Crippen LogP contribution >= 0.6 is 22.6 Å². The van der Waals surface area contributed by atoms with Crippen molar-refractivity contribution in [2.45, 2.75) is 13.8 Å². The Morgan fingerprint density at radius 2 is 1.46 bits per heavy atom. The second kappa shape index (κ2) is 6.36. The lowest BCUT2D eigenvalue weighted by Crippen LogP contribution is -2.02. The van der Waals surface area contributed by atoms with Crippen molar-refractivity contribution in [3.8, 4) is 5.69 Å². The Morgan fingerprint density at radius 3 is 2.08 bits per heavy atom. The maximum atomic E-state index is 12.6. The van der Waals surface area contributed by atoms with Crippen LogP contribution in [0.15, 0.2) is 60.2 Å². The molecule has 1 aromatic heterocycles. The summed E-state index contributed by atoms with van der Waals surface area (Å²) in [5.41, 5.74) is 5.30. The Morgan fingerprint density at radius 1 is 0.885 bits per heavy atom. The van der Waals surface area contributed by atoms with Gasteiger partial charge in [0.1, 0.15) is 0 Å². The van der Waals surface area contributed by atoms with E-state index in [2.05, 4.69) is 39.3 Å². The molecule has 0 bridgehead atoms. The lowest BCUT2D eigenvalue weighted by molar-refractivity contribution is 0.0990. The highest BCUT2D eigenvalue weighted by Gasteiger charge is 2.32. The van der Waals surface area contributed by atoms with E-state index in [1.807, 2.05) is 32.0 Å². The second-order valence-corrected chi connectivity index (χ2v) is 7.54. The van der Waals surface area contributed by atoms with Crippen molar-refractivity contribution >= 4 is 40.2 Å². The summed E-state index contributed by atoms with van der Waals surface area (Å²) in [6, 6.07) is 17.2. The fraction of sp³-hybridized carbons (Fsp3) is 0.0909. The summed E-state index contributed by atoms with van der Waals surface area (Å²) in [6.45, 7) is 4.05. The Hall–Kier alpha value is -2.47. The third kappa shape index (κ3) is 2.56. The zero-order valence-electron chi connectivity index (χ0n) is 14.4. The molecule has 0 atom stereocenters. The van der Waals surface area contributed by atoms with Crippen LogP contribution in [0.2, 0.25) is 0 Å². The van der Waals surface area contributed by atoms with Gasteiger partial charge in [-0.1, -0.05) is 36.4 Å². The number of hydrogen-bond acceptors (Lipinski definition) is 2. The Bertz CT molecular complexity index is 1070. The summed E-state index contributed by atoms with van der Waals surface area (Å²) in [5.74, 6) is -0.380. The van der Waals surface area contributed by atoms with Crippen LogP contribution in [0.5, 0.6) is 0 Å². The van der Waals surface area contributed by atoms with Gasteiger partial charge in [-0.3, -0.25) is 9.59 Å². The number of ketones is 2. The third-order valence-electron chi connectivity index (χ3n) is 4.77. The number of aromatic nitrogens is 1. The van der Waals surface area contributed by atoms with Gasteiger partial charge < -0.3 is 4.57 Å². The van der Waals surface area contributed by atoms with Crippen LogP contribution in [0.1, 0.15) is 37.7 Å². The molecule has 2 aromatic carbocycles. The Labute approximate surface area is 165 Å². The quantitative estimate of drug-likeness (QED) is 0.306. The molecule has 0 N–H and O–H groups in total. The molecule has 1 aliphatic carbocycles. The average Bonchev–Trinajstić information content (AvgIpc) is 3.05. The van der Waals surface area contributed by atoms with E-state index < -0.39 is 0 Å². The lowest BCUT2D eigenvalue weighted by Gasteiger charge is -2.11. The number of nitrogens with zero attached hydrogens (tertiary/aromatic N) is 1. The minimum atomic E-state index is -0.190. The number of hydrogen-bond donors (Lipinski definition) is 0. The smallest absolute Gasteiger partial charge is 0.197 e. The van der Waals surface area contributed by atoms with Gasteiger partial charge in [-0.15, -0.1) is 0 Å². The normalized spacial score (nSPS) is 13.3. The van der Waals surface area contributed by atoms with E-state index in [4.69, 9.17) is 0 Å². The zero-order valence-corrected chi connectivity index (χ0v) is 16.6. The summed E-state index contributed by atoms with van der Waals surface area (Å²) in [6.07, 6.45) is 1.74. The van der Waals surface area contributed by atoms with Gasteiger partial charge in [-0.25, -0.2) is 0 Å². The highest BCUT2D eigenvalue weighted by Crippen LogP contribution is 2.30. The summed E-state index contributed by atoms with van der Waals surface area (Å²) >= 11 is 2.32. The molecule has 0 saturated carbocycles. The van der Waals surface area contributed by atoms with E-state index in [-0.39, 0.29) is 17.1 Å². The molecule has 128 valence electrons. The van der Waals surface area contributed by atoms with Crippen LogP contribution in [0.3, 0.4) is 0 Å². The first kappa shape index (κ1) is 17.0. The number of benzene rings is 2. The molecule has 0 radical (unpaired) electrons. The molecule has 0 amide bonds. The van der Waals surface area contributed by atoms with Crippen LogP contribution in [-0.2, 0) is 0 Å². The molecular formula is C22H16INO2. The molecule has 0 unspecified atom stereocenters. The van der Waals surface area contributed by atoms with E-state index >= 15 is 0 Å². The molecule has 0 aliphatic heterocycles. The van der Waals surface area contributed by atoms with Gasteiger partial charge in [-0.2, -0.15) is 0 Å². The fourth-order valence-corrected chi connectivity index (χ4v) is 4.13. The molecule has 4 heteroatoms. The molecule has 3 nitrogen and oxygen atoms in total. The van der Waals surface area contributed by atoms with Crippen LogP contribution in [0.25, 0.3) is 11.8 Å². The SMILES string of the molecule is Cc1cc(C=C2C(=O)c3ccccc3C2=O)c(C)n1-c1ccccc1I. The zero-order chi connectivity index (χ0) is 18.4. The van der Waals surface area contributed by atoms with E-state index in [0.717, 1.165) is 26.2 Å². The van der Waals surface area contributed by atoms with Crippen LogP contribution in [0.4, 0.5) is 0 Å². The summed E-state index contributed by atoms with van der Waals surface area (Å²) < 4.78 is 3.30. The van der Waals surface area contributed by atoms with E-state index in [1.165, 1.54) is 0 Å². The summed E-state index contributed by atoms with van der Waals surface area (Å²) in [4.78, 5) is 25.3. The standard InChI is InChI=1S/C22H16INO2/c1-13-11-15(14(2)24(13)20-10-6-5-9-19(20)23)12-18-21(25)16-7-3-4-8-17(16)22(18)26/h3-12H,1-2H3. The maximum absolute atomic E-state index is 12.6. The van der Waals surface area contributed by atoms with Gasteiger partial charge in [0.2, 0.25) is 0 Å². The predicted octanol–water partition coefficient (Wildman–Crippen LogP) is 5.16. The number of para-hydroxylation sites is 1. The maximum Gasteiger partial charge on any atom is 0.197 e. The van der Waals surface area contributed by atoms with Crippen molar-refractivity contribution in [3.05, 3.63) is 91.8 Å². The largest absolute Gasteiger partial charge is 0.317 e. The van der Waals surface area contributed by atoms with E-state index in [9.17, 15) is 9.59 Å². The van der Waals surface area contributed by atoms with E-state index in [1.54, 1.807) is 30.3 Å². The Balaban J connectivity index is 1.83. The molecule has 1 aliphatic rings. The van der Waals surface area contributed by atoms with E-state index in [0.29, 0.717) is 11.1 Å². The second-order valence-electron chi connectivity index (χ2n) is 6.38. The Kier molecular flexibility index (Phi) is 4.15. The molecule has 1 heterocycles. The summed E-state index contributed by atoms with van der Waals surface area (Å²) in [7, 11) is 0. The van der Waals surface area contributed by atoms with Crippen LogP contribution in [0, 0.1) is 17.4 Å². The molecule has 4 rings (SSSR count). The minimum absolute atomic E-state index is 0.190. The average molecular weight is 453 g/mol. The highest BCUT2D eigenvalue weighted by atomic mass is 127. The predicted molar refractivity (Wildman–Crippen MR) is 111 cm³/mol. The first-order chi connectivity index (χ1) is 12.5. The van der Waals surface area contributed by atoms with Crippen molar-refractivity contribution in [1.82, 2.24) is 4.57 Å². The van der Waals surface area contributed by atoms with Crippen molar-refractivity contribution in [2.75, 3.05) is 0 Å². The number of rotatable bonds is 2. The number of carbonyl (C=O) groups excluding carboxylic acids is 2. The summed E-state index contributed by atoms with van der Waals surface area (Å²) in [5, 5.41) is 0. The molecule has 3 aromatic rings. The number of allylic oxidation sites excluding steroid dienone is 1. The van der Waals surface area contributed by atoms with Crippen LogP contribution in [-0.4, -0.2) is 16.1 Å². The monoisotopic (exact) mass is 453 g/mol. The molecular weight excluding hydrogens is 437 g/mol. The van der Waals surface area contributed by atoms with Crippen molar-refractivity contribution < 1.29 is 9.59 Å². The van der Waals surface area contributed by atoms with Gasteiger partial charge in [-0.05, 0) is 66.3 Å². The van der Waals surface area contributed by atoms with Gasteiger partial charge in [0.25, 0.3) is 0 Å². The topological polar surface area (TPSA) is 39.1 Å². The number of carbonyl (C=O) groups is 2. The minimum Gasteiger partial charge on any atom is -0.317 e. The molecule has 0 saturated heterocycles. The number of Topliss-reactive ketones (excluding diaryl/α,β-unsaturated/α-hetero) is 2. The number of halogens is 1. The van der Waals surface area contributed by atoms with Gasteiger partial charge in [0, 0.05) is 26.1 Å². The first-order valence-electron chi connectivity index (χ1n) is 8.33. The van der Waals surface area contributed by atoms with Gasteiger partial charge in [0.05, 0.1) is 11.3 Å². The van der Waals surface area contributed by atoms with Gasteiger partial charge >= 0.3 is 0 Å². The number of fused-ring (bicyclic) bond motifs is 1. The van der Waals surface area contributed by atoms with Crippen LogP contribution < -0.4 is 0 Å². The van der Waals surface area contributed by atoms with Crippen molar-refractivity contribution in [3.63, 3.8) is 0 Å². The highest BCUT2D eigenvalue weighted by molar-refractivity contribution is 14.1. The van der Waals surface area contributed by atoms with Crippen molar-refractivity contribution in [1.29, 1.82) is 0 Å². The first-order valence-corrected chi connectivity index (χ1v) is 9.41. The fourth-order valence-electron chi connectivity index (χ4n) is 3.50.